The molecule has 0 fully saturated rings. The summed E-state index contributed by atoms with van der Waals surface area (Å²) in [5.41, 5.74) is 2.29. The summed E-state index contributed by atoms with van der Waals surface area (Å²) in [7, 11) is 3.59. The second-order valence-corrected chi connectivity index (χ2v) is 6.33. The third-order valence-corrected chi connectivity index (χ3v) is 4.80. The summed E-state index contributed by atoms with van der Waals surface area (Å²) in [4.78, 5) is 24.7. The van der Waals surface area contributed by atoms with Crippen molar-refractivity contribution in [2.45, 2.75) is 13.0 Å². The van der Waals surface area contributed by atoms with Gasteiger partial charge in [0.1, 0.15) is 6.61 Å². The maximum atomic E-state index is 12.7. The van der Waals surface area contributed by atoms with Crippen molar-refractivity contribution in [1.82, 2.24) is 14.5 Å². The lowest BCUT2D eigenvalue weighted by Gasteiger charge is -2.30. The van der Waals surface area contributed by atoms with Crippen LogP contribution in [0.2, 0.25) is 0 Å². The Morgan fingerprint density at radius 3 is 2.75 bits per heavy atom. The molecule has 1 aromatic carbocycles. The molecule has 124 valence electrons. The molecule has 1 atom stereocenters. The number of rotatable bonds is 2. The number of ether oxygens (including phenoxy) is 1. The van der Waals surface area contributed by atoms with Crippen molar-refractivity contribution in [2.24, 2.45) is 7.05 Å². The Kier molecular flexibility index (Phi) is 3.25. The zero-order chi connectivity index (χ0) is 17.0. The Hall–Kier alpha value is -2.60. The minimum atomic E-state index is -0.0967. The average molecular weight is 325 g/mol. The highest BCUT2D eigenvalue weighted by atomic mass is 16.5. The van der Waals surface area contributed by atoms with E-state index in [-0.39, 0.29) is 17.2 Å². The molecule has 3 heterocycles. The number of hydrogen-bond acceptors (Lipinski definition) is 4. The molecule has 3 aromatic rings. The van der Waals surface area contributed by atoms with E-state index in [0.29, 0.717) is 18.9 Å². The van der Waals surface area contributed by atoms with Crippen LogP contribution >= 0.6 is 0 Å². The van der Waals surface area contributed by atoms with Crippen molar-refractivity contribution >= 4 is 21.8 Å². The van der Waals surface area contributed by atoms with Gasteiger partial charge in [-0.1, -0.05) is 0 Å². The average Bonchev–Trinajstić information content (AvgIpc) is 2.56. The first-order valence-electron chi connectivity index (χ1n) is 7.99. The maximum absolute atomic E-state index is 12.7. The predicted octanol–water partition coefficient (Wildman–Crippen LogP) is 1.31. The number of pyridine rings is 2. The molecular formula is C18H19N3O3. The number of benzene rings is 1. The summed E-state index contributed by atoms with van der Waals surface area (Å²) in [5.74, 6) is 0.621. The van der Waals surface area contributed by atoms with Gasteiger partial charge in [0, 0.05) is 36.5 Å². The summed E-state index contributed by atoms with van der Waals surface area (Å²) >= 11 is 0. The number of aryl methyl sites for hydroxylation is 2. The van der Waals surface area contributed by atoms with Crippen LogP contribution in [0.25, 0.3) is 21.8 Å². The van der Waals surface area contributed by atoms with E-state index >= 15 is 0 Å². The third kappa shape index (κ3) is 1.93. The normalized spacial score (nSPS) is 16.5. The third-order valence-electron chi connectivity index (χ3n) is 4.80. The Morgan fingerprint density at radius 2 is 2.00 bits per heavy atom. The Labute approximate surface area is 138 Å². The van der Waals surface area contributed by atoms with E-state index in [4.69, 9.17) is 4.74 Å². The minimum Gasteiger partial charge on any atom is -0.487 e. The molecule has 1 aliphatic heterocycles. The lowest BCUT2D eigenvalue weighted by atomic mass is 10.0. The van der Waals surface area contributed by atoms with E-state index in [0.717, 1.165) is 27.4 Å². The second kappa shape index (κ2) is 5.21. The van der Waals surface area contributed by atoms with Crippen molar-refractivity contribution in [3.8, 4) is 5.75 Å². The Bertz CT molecular complexity index is 1090. The summed E-state index contributed by atoms with van der Waals surface area (Å²) in [6.07, 6.45) is 0. The maximum Gasteiger partial charge on any atom is 0.251 e. The zero-order valence-electron chi connectivity index (χ0n) is 13.9. The molecule has 1 aliphatic rings. The smallest absolute Gasteiger partial charge is 0.251 e. The Balaban J connectivity index is 2.25. The van der Waals surface area contributed by atoms with Crippen LogP contribution in [0.15, 0.2) is 33.9 Å². The fourth-order valence-corrected chi connectivity index (χ4v) is 3.64. The number of hydrogen-bond donors (Lipinski definition) is 1. The molecule has 6 heteroatoms. The number of fused-ring (bicyclic) bond motifs is 2. The molecule has 0 saturated heterocycles. The van der Waals surface area contributed by atoms with E-state index in [1.165, 1.54) is 0 Å². The standard InChI is InChI=1S/C18H19N3O3/c1-10-6-15(23)21-12(8-19-2)9-24-18-16-11(7-13(10)17(18)21)4-5-14(22)20(16)3/h4-7,12,19H,8-9H2,1-3H3. The van der Waals surface area contributed by atoms with Crippen LogP contribution in [0.3, 0.4) is 0 Å². The largest absolute Gasteiger partial charge is 0.487 e. The van der Waals surface area contributed by atoms with Crippen molar-refractivity contribution in [3.05, 3.63) is 50.5 Å². The zero-order valence-corrected chi connectivity index (χ0v) is 13.9. The molecule has 0 aliphatic carbocycles. The molecule has 1 N–H and O–H groups in total. The first-order valence-corrected chi connectivity index (χ1v) is 7.99. The first kappa shape index (κ1) is 15.0. The van der Waals surface area contributed by atoms with Crippen molar-refractivity contribution < 1.29 is 4.74 Å². The molecular weight excluding hydrogens is 306 g/mol. The van der Waals surface area contributed by atoms with Crippen LogP contribution in [-0.4, -0.2) is 29.3 Å². The van der Waals surface area contributed by atoms with Crippen molar-refractivity contribution in [3.63, 3.8) is 0 Å². The molecule has 0 bridgehead atoms. The van der Waals surface area contributed by atoms with Crippen molar-refractivity contribution in [2.75, 3.05) is 20.2 Å². The highest BCUT2D eigenvalue weighted by Gasteiger charge is 2.26. The molecule has 2 aromatic heterocycles. The van der Waals surface area contributed by atoms with Gasteiger partial charge in [0.15, 0.2) is 5.75 Å². The van der Waals surface area contributed by atoms with Gasteiger partial charge in [0.2, 0.25) is 0 Å². The lowest BCUT2D eigenvalue weighted by molar-refractivity contribution is 0.233. The molecule has 1 unspecified atom stereocenters. The van der Waals surface area contributed by atoms with Gasteiger partial charge in [-0.05, 0) is 31.7 Å². The van der Waals surface area contributed by atoms with Gasteiger partial charge in [-0.25, -0.2) is 0 Å². The van der Waals surface area contributed by atoms with Gasteiger partial charge in [-0.2, -0.15) is 0 Å². The molecule has 0 saturated carbocycles. The highest BCUT2D eigenvalue weighted by molar-refractivity contribution is 6.03. The summed E-state index contributed by atoms with van der Waals surface area (Å²) in [5, 5.41) is 5.03. The van der Waals surface area contributed by atoms with Gasteiger partial charge in [0.25, 0.3) is 11.1 Å². The quantitative estimate of drug-likeness (QED) is 0.722. The summed E-state index contributed by atoms with van der Waals surface area (Å²) in [6.45, 7) is 2.97. The van der Waals surface area contributed by atoms with E-state index in [2.05, 4.69) is 5.32 Å². The summed E-state index contributed by atoms with van der Waals surface area (Å²) in [6, 6.07) is 7.00. The topological polar surface area (TPSA) is 65.3 Å². The van der Waals surface area contributed by atoms with E-state index in [1.807, 2.05) is 26.1 Å². The van der Waals surface area contributed by atoms with Crippen LogP contribution in [0.4, 0.5) is 0 Å². The van der Waals surface area contributed by atoms with Crippen molar-refractivity contribution in [1.29, 1.82) is 0 Å². The highest BCUT2D eigenvalue weighted by Crippen LogP contribution is 2.38. The molecule has 4 rings (SSSR count). The molecule has 6 nitrogen and oxygen atoms in total. The molecule has 24 heavy (non-hydrogen) atoms. The van der Waals surface area contributed by atoms with Gasteiger partial charge in [0.05, 0.1) is 17.1 Å². The van der Waals surface area contributed by atoms with Gasteiger partial charge in [-0.3, -0.25) is 14.2 Å². The van der Waals surface area contributed by atoms with Crippen LogP contribution in [-0.2, 0) is 7.05 Å². The minimum absolute atomic E-state index is 0.0370. The number of nitrogens with one attached hydrogen (secondary N) is 1. The number of nitrogens with zero attached hydrogens (tertiary/aromatic N) is 2. The van der Waals surface area contributed by atoms with Gasteiger partial charge < -0.3 is 14.6 Å². The number of likely N-dealkylation sites (N-methyl/N-ethyl adjacent to an activating group) is 1. The molecule has 0 amide bonds. The van der Waals surface area contributed by atoms with E-state index in [1.54, 1.807) is 28.3 Å². The van der Waals surface area contributed by atoms with E-state index in [9.17, 15) is 9.59 Å². The predicted molar refractivity (Wildman–Crippen MR) is 94.2 cm³/mol. The first-order chi connectivity index (χ1) is 11.5. The van der Waals surface area contributed by atoms with Crippen LogP contribution in [0.5, 0.6) is 5.75 Å². The fourth-order valence-electron chi connectivity index (χ4n) is 3.64. The van der Waals surface area contributed by atoms with E-state index < -0.39 is 0 Å². The SMILES string of the molecule is CNCC1COc2c3c(ccc(=O)n3C)cc3c(C)cc(=O)n1c23. The monoisotopic (exact) mass is 325 g/mol. The summed E-state index contributed by atoms with van der Waals surface area (Å²) < 4.78 is 9.44. The molecule has 0 spiro atoms. The van der Waals surface area contributed by atoms with Crippen LogP contribution < -0.4 is 21.2 Å². The molecule has 0 radical (unpaired) electrons. The van der Waals surface area contributed by atoms with Crippen LogP contribution in [0.1, 0.15) is 11.6 Å². The van der Waals surface area contributed by atoms with Gasteiger partial charge in [-0.15, -0.1) is 0 Å². The van der Waals surface area contributed by atoms with Gasteiger partial charge >= 0.3 is 0 Å². The number of aromatic nitrogens is 2. The lowest BCUT2D eigenvalue weighted by Crippen LogP contribution is -2.37. The second-order valence-electron chi connectivity index (χ2n) is 6.33. The Morgan fingerprint density at radius 1 is 1.21 bits per heavy atom. The fraction of sp³-hybridized carbons (Fsp3) is 0.333. The van der Waals surface area contributed by atoms with Crippen LogP contribution in [0, 0.1) is 6.92 Å².